The van der Waals surface area contributed by atoms with E-state index in [1.807, 2.05) is 0 Å². The second kappa shape index (κ2) is 8.17. The maximum absolute atomic E-state index is 13.9. The number of ketones is 1. The van der Waals surface area contributed by atoms with Crippen LogP contribution >= 0.6 is 0 Å². The molecule has 0 radical (unpaired) electrons. The Morgan fingerprint density at radius 3 is 2.24 bits per heavy atom. The van der Waals surface area contributed by atoms with E-state index in [4.69, 9.17) is 9.47 Å². The fourth-order valence-electron chi connectivity index (χ4n) is 4.75. The number of carbonyl (C=O) groups excluding carboxylic acids is 1. The number of ether oxygens (including phenoxy) is 2. The van der Waals surface area contributed by atoms with Crippen LogP contribution in [0.5, 0.6) is 11.5 Å². The molecule has 0 saturated heterocycles. The van der Waals surface area contributed by atoms with Gasteiger partial charge in [-0.25, -0.2) is 12.4 Å². The lowest BCUT2D eigenvalue weighted by atomic mass is 9.93. The van der Waals surface area contributed by atoms with Gasteiger partial charge in [-0.1, -0.05) is 36.4 Å². The fraction of sp³-hybridized carbons (Fsp3) is 0.0741. The van der Waals surface area contributed by atoms with Crippen LogP contribution in [0.3, 0.4) is 0 Å². The van der Waals surface area contributed by atoms with Crippen LogP contribution in [0.15, 0.2) is 83.8 Å². The lowest BCUT2D eigenvalue weighted by molar-refractivity contribution is -0.384. The number of fused-ring (bicyclic) bond motifs is 4. The minimum Gasteiger partial charge on any atom is -0.454 e. The average molecular weight is 515 g/mol. The molecular formula is C27H18N2O7S. The fourth-order valence-corrected chi connectivity index (χ4v) is 6.29. The van der Waals surface area contributed by atoms with Crippen molar-refractivity contribution in [3.05, 3.63) is 94.5 Å². The Morgan fingerprint density at radius 1 is 0.865 bits per heavy atom. The van der Waals surface area contributed by atoms with Gasteiger partial charge in [-0.3, -0.25) is 14.9 Å². The molecule has 0 spiro atoms. The predicted octanol–water partition coefficient (Wildman–Crippen LogP) is 5.54. The van der Waals surface area contributed by atoms with Crippen LogP contribution in [-0.4, -0.2) is 29.9 Å². The van der Waals surface area contributed by atoms with E-state index in [0.29, 0.717) is 22.0 Å². The van der Waals surface area contributed by atoms with E-state index >= 15 is 0 Å². The van der Waals surface area contributed by atoms with E-state index in [0.717, 1.165) is 0 Å². The van der Waals surface area contributed by atoms with Crippen molar-refractivity contribution in [1.29, 1.82) is 0 Å². The third kappa shape index (κ3) is 3.45. The molecule has 2 heterocycles. The number of nitro groups is 1. The van der Waals surface area contributed by atoms with E-state index in [1.54, 1.807) is 48.5 Å². The number of aromatic nitrogens is 1. The van der Waals surface area contributed by atoms with E-state index in [1.165, 1.54) is 41.2 Å². The first-order chi connectivity index (χ1) is 17.8. The summed E-state index contributed by atoms with van der Waals surface area (Å²) in [4.78, 5) is 24.3. The van der Waals surface area contributed by atoms with Crippen molar-refractivity contribution in [2.75, 3.05) is 6.79 Å². The Labute approximate surface area is 210 Å². The van der Waals surface area contributed by atoms with Gasteiger partial charge in [-0.15, -0.1) is 0 Å². The van der Waals surface area contributed by atoms with Gasteiger partial charge in [-0.05, 0) is 43.3 Å². The van der Waals surface area contributed by atoms with Gasteiger partial charge in [0.25, 0.3) is 15.7 Å². The molecule has 10 heteroatoms. The summed E-state index contributed by atoms with van der Waals surface area (Å²) in [5.74, 6) is 0.195. The zero-order chi connectivity index (χ0) is 25.9. The van der Waals surface area contributed by atoms with Crippen molar-refractivity contribution in [2.45, 2.75) is 11.8 Å². The third-order valence-electron chi connectivity index (χ3n) is 6.41. The highest BCUT2D eigenvalue weighted by Crippen LogP contribution is 2.45. The van der Waals surface area contributed by atoms with Crippen LogP contribution in [-0.2, 0) is 10.0 Å². The maximum atomic E-state index is 13.9. The summed E-state index contributed by atoms with van der Waals surface area (Å²) < 4.78 is 39.7. The number of benzene rings is 4. The Morgan fingerprint density at radius 2 is 1.54 bits per heavy atom. The van der Waals surface area contributed by atoms with Crippen molar-refractivity contribution in [3.8, 4) is 22.6 Å². The number of rotatable bonds is 5. The van der Waals surface area contributed by atoms with Gasteiger partial charge in [0, 0.05) is 21.9 Å². The lowest BCUT2D eigenvalue weighted by Gasteiger charge is -2.13. The Hall–Kier alpha value is -4.70. The molecule has 1 aromatic heterocycles. The molecule has 6 rings (SSSR count). The van der Waals surface area contributed by atoms with E-state index in [2.05, 4.69) is 0 Å². The molecule has 1 aliphatic heterocycles. The smallest absolute Gasteiger partial charge is 0.281 e. The number of hydrogen-bond donors (Lipinski definition) is 0. The summed E-state index contributed by atoms with van der Waals surface area (Å²) in [5.41, 5.74) is 0.979. The van der Waals surface area contributed by atoms with Gasteiger partial charge in [0.15, 0.2) is 17.3 Å². The Kier molecular flexibility index (Phi) is 5.02. The minimum atomic E-state index is -4.06. The molecule has 5 aromatic rings. The zero-order valence-corrected chi connectivity index (χ0v) is 20.2. The minimum absolute atomic E-state index is 0.0852. The molecule has 0 bridgehead atoms. The Bertz CT molecular complexity index is 1880. The quantitative estimate of drug-likeness (QED) is 0.172. The standard InChI is InChI=1S/C27H18N2O7S/c1-16(30)19-11-21-18-9-5-6-10-23(18)28(37(33,34)17-7-3-2-4-8-17)24(21)12-20(19)22-13-26-27(36-15-35-26)14-25(22)29(31)32/h2-14H,15H2,1H3. The molecule has 1 aliphatic rings. The molecule has 4 aromatic carbocycles. The van der Waals surface area contributed by atoms with E-state index in [-0.39, 0.29) is 51.1 Å². The van der Waals surface area contributed by atoms with Crippen LogP contribution < -0.4 is 9.47 Å². The number of para-hydroxylation sites is 1. The molecule has 0 amide bonds. The maximum Gasteiger partial charge on any atom is 0.281 e. The van der Waals surface area contributed by atoms with Crippen LogP contribution in [0, 0.1) is 10.1 Å². The SMILES string of the molecule is CC(=O)c1cc2c3ccccc3n(S(=O)(=O)c3ccccc3)c2cc1-c1cc2c(cc1[N+](=O)[O-])OCO2. The summed E-state index contributed by atoms with van der Waals surface area (Å²) in [6.07, 6.45) is 0. The molecule has 9 nitrogen and oxygen atoms in total. The molecule has 0 saturated carbocycles. The molecule has 37 heavy (non-hydrogen) atoms. The number of nitrogens with zero attached hydrogens (tertiary/aromatic N) is 2. The second-order valence-electron chi connectivity index (χ2n) is 8.55. The van der Waals surface area contributed by atoms with Gasteiger partial charge < -0.3 is 9.47 Å². The van der Waals surface area contributed by atoms with Crippen LogP contribution in [0.1, 0.15) is 17.3 Å². The zero-order valence-electron chi connectivity index (χ0n) is 19.4. The Balaban J connectivity index is 1.76. The second-order valence-corrected chi connectivity index (χ2v) is 10.3. The van der Waals surface area contributed by atoms with Crippen molar-refractivity contribution in [2.24, 2.45) is 0 Å². The van der Waals surface area contributed by atoms with Crippen molar-refractivity contribution in [3.63, 3.8) is 0 Å². The van der Waals surface area contributed by atoms with Crippen molar-refractivity contribution in [1.82, 2.24) is 3.97 Å². The molecule has 0 atom stereocenters. The number of Topliss-reactive ketones (excluding diaryl/α,β-unsaturated/α-hetero) is 1. The first kappa shape index (κ1) is 22.7. The van der Waals surface area contributed by atoms with E-state index in [9.17, 15) is 23.3 Å². The molecule has 0 N–H and O–H groups in total. The number of carbonyl (C=O) groups is 1. The highest BCUT2D eigenvalue weighted by atomic mass is 32.2. The first-order valence-electron chi connectivity index (χ1n) is 11.2. The molecule has 184 valence electrons. The summed E-state index contributed by atoms with van der Waals surface area (Å²) in [6, 6.07) is 20.8. The van der Waals surface area contributed by atoms with Gasteiger partial charge >= 0.3 is 0 Å². The normalized spacial score (nSPS) is 12.8. The summed E-state index contributed by atoms with van der Waals surface area (Å²) >= 11 is 0. The van der Waals surface area contributed by atoms with Gasteiger partial charge in [0.05, 0.1) is 32.5 Å². The first-order valence-corrected chi connectivity index (χ1v) is 12.7. The van der Waals surface area contributed by atoms with E-state index < -0.39 is 14.9 Å². The van der Waals surface area contributed by atoms with Crippen LogP contribution in [0.2, 0.25) is 0 Å². The third-order valence-corrected chi connectivity index (χ3v) is 8.15. The molecule has 0 fully saturated rings. The highest BCUT2D eigenvalue weighted by molar-refractivity contribution is 7.90. The molecule has 0 unspecified atom stereocenters. The summed E-state index contributed by atoms with van der Waals surface area (Å²) in [6.45, 7) is 1.28. The average Bonchev–Trinajstić information content (AvgIpc) is 3.49. The van der Waals surface area contributed by atoms with Gasteiger partial charge in [0.1, 0.15) is 0 Å². The number of nitro benzene ring substituents is 1. The predicted molar refractivity (Wildman–Crippen MR) is 137 cm³/mol. The monoisotopic (exact) mass is 514 g/mol. The number of hydrogen-bond acceptors (Lipinski definition) is 7. The van der Waals surface area contributed by atoms with Gasteiger partial charge in [0.2, 0.25) is 6.79 Å². The van der Waals surface area contributed by atoms with Crippen LogP contribution in [0.4, 0.5) is 5.69 Å². The van der Waals surface area contributed by atoms with Crippen molar-refractivity contribution < 1.29 is 27.6 Å². The largest absolute Gasteiger partial charge is 0.454 e. The van der Waals surface area contributed by atoms with Gasteiger partial charge in [-0.2, -0.15) is 0 Å². The highest BCUT2D eigenvalue weighted by Gasteiger charge is 2.29. The topological polar surface area (TPSA) is 118 Å². The lowest BCUT2D eigenvalue weighted by Crippen LogP contribution is -2.12. The van der Waals surface area contributed by atoms with Crippen molar-refractivity contribution >= 4 is 43.3 Å². The summed E-state index contributed by atoms with van der Waals surface area (Å²) in [5, 5.41) is 13.2. The molecular weight excluding hydrogens is 496 g/mol. The van der Waals surface area contributed by atoms with Crippen LogP contribution in [0.25, 0.3) is 32.9 Å². The molecule has 0 aliphatic carbocycles. The summed E-state index contributed by atoms with van der Waals surface area (Å²) in [7, 11) is -4.06.